The predicted octanol–water partition coefficient (Wildman–Crippen LogP) is 3.85. The van der Waals surface area contributed by atoms with E-state index in [1.807, 2.05) is 71.9 Å². The van der Waals surface area contributed by atoms with E-state index in [1.54, 1.807) is 0 Å². The average molecular weight is 318 g/mol. The lowest BCUT2D eigenvalue weighted by Crippen LogP contribution is -2.41. The molecule has 1 atom stereocenters. The summed E-state index contributed by atoms with van der Waals surface area (Å²) in [5.41, 5.74) is 0.0620. The van der Waals surface area contributed by atoms with Crippen molar-refractivity contribution in [3.05, 3.63) is 35.9 Å². The summed E-state index contributed by atoms with van der Waals surface area (Å²) in [6, 6.07) is 9.67. The van der Waals surface area contributed by atoms with Gasteiger partial charge in [0.05, 0.1) is 17.0 Å². The summed E-state index contributed by atoms with van der Waals surface area (Å²) in [5, 5.41) is 0. The second-order valence-corrected chi connectivity index (χ2v) is 7.49. The first-order valence-electron chi connectivity index (χ1n) is 8.20. The van der Waals surface area contributed by atoms with Gasteiger partial charge in [-0.05, 0) is 39.2 Å². The van der Waals surface area contributed by atoms with Gasteiger partial charge in [-0.1, -0.05) is 44.2 Å². The molecule has 4 nitrogen and oxygen atoms in total. The van der Waals surface area contributed by atoms with Crippen LogP contribution in [0, 0.1) is 5.92 Å². The zero-order chi connectivity index (χ0) is 17.3. The van der Waals surface area contributed by atoms with Crippen LogP contribution in [0.25, 0.3) is 0 Å². The second kappa shape index (κ2) is 6.66. The van der Waals surface area contributed by atoms with Crippen molar-refractivity contribution in [2.45, 2.75) is 65.2 Å². The summed E-state index contributed by atoms with van der Waals surface area (Å²) in [6.45, 7) is 12.2. The van der Waals surface area contributed by atoms with Crippen molar-refractivity contribution in [2.75, 3.05) is 0 Å². The molecule has 0 aromatic heterocycles. The molecule has 2 rings (SSSR count). The number of hydrogen-bond acceptors (Lipinski definition) is 4. The molecule has 5 heteroatoms. The van der Waals surface area contributed by atoms with Crippen molar-refractivity contribution in [1.29, 1.82) is 0 Å². The van der Waals surface area contributed by atoms with Crippen LogP contribution in [-0.2, 0) is 25.4 Å². The molecule has 1 aromatic rings. The summed E-state index contributed by atoms with van der Waals surface area (Å²) in [6.07, 6.45) is 0. The van der Waals surface area contributed by atoms with Crippen LogP contribution in [-0.4, -0.2) is 24.3 Å². The number of carbonyl (C=O) groups excluding carboxylic acids is 1. The lowest BCUT2D eigenvalue weighted by Gasteiger charge is -2.32. The second-order valence-electron chi connectivity index (χ2n) is 7.49. The Bertz CT molecular complexity index is 523. The molecule has 1 unspecified atom stereocenters. The topological polar surface area (TPSA) is 44.8 Å². The average Bonchev–Trinajstić information content (AvgIpc) is 2.65. The summed E-state index contributed by atoms with van der Waals surface area (Å²) in [7, 11) is -0.580. The van der Waals surface area contributed by atoms with Crippen LogP contribution in [0.2, 0.25) is 5.82 Å². The fourth-order valence-electron chi connectivity index (χ4n) is 2.56. The highest BCUT2D eigenvalue weighted by Crippen LogP contribution is 2.42. The van der Waals surface area contributed by atoms with Gasteiger partial charge in [0.25, 0.3) is 0 Å². The van der Waals surface area contributed by atoms with Crippen LogP contribution in [0.3, 0.4) is 0 Å². The van der Waals surface area contributed by atoms with E-state index in [0.29, 0.717) is 0 Å². The Hall–Kier alpha value is -1.33. The van der Waals surface area contributed by atoms with Gasteiger partial charge in [-0.15, -0.1) is 0 Å². The van der Waals surface area contributed by atoms with Gasteiger partial charge in [0, 0.05) is 0 Å². The predicted molar refractivity (Wildman–Crippen MR) is 90.9 cm³/mol. The molecule has 1 aromatic carbocycles. The SMILES string of the molecule is CC(C)C(B1OC(C)(C)C(C)(C)O1)C(=O)OCc1ccccc1. The van der Waals surface area contributed by atoms with Crippen LogP contribution >= 0.6 is 0 Å². The third-order valence-electron chi connectivity index (χ3n) is 4.78. The molecule has 0 saturated carbocycles. The molecule has 0 aliphatic carbocycles. The maximum atomic E-state index is 12.6. The molecule has 0 amide bonds. The first kappa shape index (κ1) is 18.0. The van der Waals surface area contributed by atoms with Crippen molar-refractivity contribution in [1.82, 2.24) is 0 Å². The van der Waals surface area contributed by atoms with Gasteiger partial charge in [-0.3, -0.25) is 4.79 Å². The van der Waals surface area contributed by atoms with Gasteiger partial charge in [0.1, 0.15) is 6.61 Å². The zero-order valence-corrected chi connectivity index (χ0v) is 15.0. The molecule has 0 spiro atoms. The Morgan fingerprint density at radius 3 is 2.09 bits per heavy atom. The first-order chi connectivity index (χ1) is 10.6. The molecular formula is C18H27BO4. The van der Waals surface area contributed by atoms with Crippen molar-refractivity contribution in [2.24, 2.45) is 5.92 Å². The molecule has 1 aliphatic heterocycles. The van der Waals surface area contributed by atoms with Crippen molar-refractivity contribution < 1.29 is 18.8 Å². The Kier molecular flexibility index (Phi) is 5.22. The van der Waals surface area contributed by atoms with Crippen molar-refractivity contribution >= 4 is 13.1 Å². The molecule has 0 N–H and O–H groups in total. The number of ether oxygens (including phenoxy) is 1. The van der Waals surface area contributed by atoms with E-state index >= 15 is 0 Å². The molecule has 1 heterocycles. The minimum atomic E-state index is -0.580. The van der Waals surface area contributed by atoms with Gasteiger partial charge >= 0.3 is 13.1 Å². The normalized spacial score (nSPS) is 20.6. The van der Waals surface area contributed by atoms with Gasteiger partial charge in [-0.25, -0.2) is 0 Å². The lowest BCUT2D eigenvalue weighted by atomic mass is 9.66. The van der Waals surface area contributed by atoms with E-state index < -0.39 is 24.1 Å². The molecule has 0 radical (unpaired) electrons. The Morgan fingerprint density at radius 1 is 1.09 bits per heavy atom. The van der Waals surface area contributed by atoms with Crippen LogP contribution in [0.15, 0.2) is 30.3 Å². The van der Waals surface area contributed by atoms with Crippen LogP contribution < -0.4 is 0 Å². The minimum Gasteiger partial charge on any atom is -0.461 e. The molecule has 1 aliphatic rings. The van der Waals surface area contributed by atoms with Gasteiger partial charge in [0.15, 0.2) is 0 Å². The van der Waals surface area contributed by atoms with Crippen molar-refractivity contribution in [3.63, 3.8) is 0 Å². The van der Waals surface area contributed by atoms with E-state index in [4.69, 9.17) is 14.0 Å². The fraction of sp³-hybridized carbons (Fsp3) is 0.611. The monoisotopic (exact) mass is 318 g/mol. The molecule has 126 valence electrons. The highest BCUT2D eigenvalue weighted by molar-refractivity contribution is 6.52. The zero-order valence-electron chi connectivity index (χ0n) is 15.0. The summed E-state index contributed by atoms with van der Waals surface area (Å²) in [4.78, 5) is 12.6. The quantitative estimate of drug-likeness (QED) is 0.611. The Morgan fingerprint density at radius 2 is 1.61 bits per heavy atom. The van der Waals surface area contributed by atoms with Crippen LogP contribution in [0.4, 0.5) is 0 Å². The fourth-order valence-corrected chi connectivity index (χ4v) is 2.56. The van der Waals surface area contributed by atoms with Gasteiger partial charge in [-0.2, -0.15) is 0 Å². The van der Waals surface area contributed by atoms with Crippen LogP contribution in [0.1, 0.15) is 47.1 Å². The standard InChI is InChI=1S/C18H27BO4/c1-13(2)15(19-22-17(3,4)18(5,6)23-19)16(20)21-12-14-10-8-7-9-11-14/h7-11,13,15H,12H2,1-6H3. The largest absolute Gasteiger partial charge is 0.473 e. The van der Waals surface area contributed by atoms with Crippen LogP contribution in [0.5, 0.6) is 0 Å². The number of carbonyl (C=O) groups is 1. The Balaban J connectivity index is 2.06. The summed E-state index contributed by atoms with van der Waals surface area (Å²) < 4.78 is 17.6. The number of hydrogen-bond donors (Lipinski definition) is 0. The minimum absolute atomic E-state index is 0.0629. The van der Waals surface area contributed by atoms with E-state index in [1.165, 1.54) is 0 Å². The summed E-state index contributed by atoms with van der Waals surface area (Å²) >= 11 is 0. The lowest BCUT2D eigenvalue weighted by molar-refractivity contribution is -0.146. The van der Waals surface area contributed by atoms with Crippen molar-refractivity contribution in [3.8, 4) is 0 Å². The Labute approximate surface area is 139 Å². The number of rotatable bonds is 5. The van der Waals surface area contributed by atoms with Gasteiger partial charge < -0.3 is 14.0 Å². The summed E-state index contributed by atoms with van der Waals surface area (Å²) in [5.74, 6) is -0.657. The molecule has 23 heavy (non-hydrogen) atoms. The number of esters is 1. The van der Waals surface area contributed by atoms with E-state index in [-0.39, 0.29) is 18.5 Å². The van der Waals surface area contributed by atoms with Gasteiger partial charge in [0.2, 0.25) is 0 Å². The third-order valence-corrected chi connectivity index (χ3v) is 4.78. The van der Waals surface area contributed by atoms with E-state index in [2.05, 4.69) is 0 Å². The maximum Gasteiger partial charge on any atom is 0.473 e. The van der Waals surface area contributed by atoms with E-state index in [9.17, 15) is 4.79 Å². The number of benzene rings is 1. The van der Waals surface area contributed by atoms with E-state index in [0.717, 1.165) is 5.56 Å². The third kappa shape index (κ3) is 3.96. The molecular weight excluding hydrogens is 291 g/mol. The molecule has 1 fully saturated rings. The first-order valence-corrected chi connectivity index (χ1v) is 8.20. The highest BCUT2D eigenvalue weighted by Gasteiger charge is 2.56. The smallest absolute Gasteiger partial charge is 0.461 e. The maximum absolute atomic E-state index is 12.6. The molecule has 1 saturated heterocycles. The highest BCUT2D eigenvalue weighted by atomic mass is 16.7. The molecule has 0 bridgehead atoms.